The van der Waals surface area contributed by atoms with Crippen molar-refractivity contribution in [3.63, 3.8) is 0 Å². The summed E-state index contributed by atoms with van der Waals surface area (Å²) in [5, 5.41) is 0. The van der Waals surface area contributed by atoms with Gasteiger partial charge in [0.1, 0.15) is 6.08 Å². The zero-order valence-corrected chi connectivity index (χ0v) is 18.1. The van der Waals surface area contributed by atoms with E-state index in [9.17, 15) is 4.79 Å². The van der Waals surface area contributed by atoms with Crippen molar-refractivity contribution in [3.8, 4) is 0 Å². The minimum atomic E-state index is -1.31. The molecule has 2 heteroatoms. The highest BCUT2D eigenvalue weighted by atomic mass is 16.5. The molecule has 0 radical (unpaired) electrons. The van der Waals surface area contributed by atoms with Gasteiger partial charge in [0.2, 0.25) is 0 Å². The monoisotopic (exact) mass is 379 g/mol. The lowest BCUT2D eigenvalue weighted by molar-refractivity contribution is 0.0253. The van der Waals surface area contributed by atoms with Gasteiger partial charge in [-0.2, -0.15) is 0 Å². The van der Waals surface area contributed by atoms with E-state index in [1.807, 2.05) is 24.3 Å². The lowest BCUT2D eigenvalue weighted by atomic mass is 9.84. The molecule has 0 aromatic heterocycles. The standard InChI is InChI=1S/C26H34O2/c1-16(2)20-14-22(17(3)4)25(23(15-20)18(5)6)26(27)28-24-13-9-11-19-10-7-8-12-21(19)24/h7-8,10,12,14-18,24H,9,11,13H2,1-6H3/t24-/m0/s1/i24D. The Labute approximate surface area is 171 Å². The van der Waals surface area contributed by atoms with Crippen molar-refractivity contribution in [2.45, 2.75) is 84.6 Å². The fourth-order valence-corrected chi connectivity index (χ4v) is 4.04. The quantitative estimate of drug-likeness (QED) is 0.510. The Kier molecular flexibility index (Phi) is 5.85. The Morgan fingerprint density at radius 2 is 1.61 bits per heavy atom. The molecule has 1 aliphatic rings. The molecule has 1 aliphatic carbocycles. The molecule has 2 aromatic rings. The van der Waals surface area contributed by atoms with E-state index in [1.54, 1.807) is 0 Å². The van der Waals surface area contributed by atoms with E-state index >= 15 is 0 Å². The van der Waals surface area contributed by atoms with Gasteiger partial charge in [-0.3, -0.25) is 0 Å². The maximum atomic E-state index is 13.5. The van der Waals surface area contributed by atoms with Crippen LogP contribution in [0.1, 0.15) is 118 Å². The molecule has 1 atom stereocenters. The largest absolute Gasteiger partial charge is 0.454 e. The first kappa shape index (κ1) is 19.2. The molecule has 0 saturated heterocycles. The molecule has 3 rings (SSSR count). The topological polar surface area (TPSA) is 26.3 Å². The fraction of sp³-hybridized carbons (Fsp3) is 0.500. The molecular weight excluding hydrogens is 344 g/mol. The molecule has 0 bridgehead atoms. The van der Waals surface area contributed by atoms with E-state index < -0.39 is 6.08 Å². The number of hydrogen-bond donors (Lipinski definition) is 0. The summed E-state index contributed by atoms with van der Waals surface area (Å²) >= 11 is 0. The van der Waals surface area contributed by atoms with Crippen LogP contribution in [-0.2, 0) is 11.2 Å². The van der Waals surface area contributed by atoms with Crippen LogP contribution >= 0.6 is 0 Å². The first-order valence-corrected chi connectivity index (χ1v) is 10.6. The smallest absolute Gasteiger partial charge is 0.339 e. The summed E-state index contributed by atoms with van der Waals surface area (Å²) < 4.78 is 15.0. The van der Waals surface area contributed by atoms with Crippen molar-refractivity contribution < 1.29 is 10.9 Å². The number of fused-ring (bicyclic) bond motifs is 1. The Balaban J connectivity index is 2.08. The first-order chi connectivity index (χ1) is 13.6. The van der Waals surface area contributed by atoms with Gasteiger partial charge in [-0.25, -0.2) is 4.79 Å². The predicted octanol–water partition coefficient (Wildman–Crippen LogP) is 7.29. The van der Waals surface area contributed by atoms with Crippen molar-refractivity contribution in [2.24, 2.45) is 0 Å². The number of hydrogen-bond acceptors (Lipinski definition) is 2. The van der Waals surface area contributed by atoms with Crippen LogP contribution in [0.15, 0.2) is 36.4 Å². The lowest BCUT2D eigenvalue weighted by Gasteiger charge is -2.27. The van der Waals surface area contributed by atoms with Gasteiger partial charge in [-0.1, -0.05) is 77.9 Å². The summed E-state index contributed by atoms with van der Waals surface area (Å²) in [7, 11) is 0. The van der Waals surface area contributed by atoms with Crippen molar-refractivity contribution in [1.29, 1.82) is 0 Å². The summed E-state index contributed by atoms with van der Waals surface area (Å²) in [5.41, 5.74) is 5.90. The molecule has 28 heavy (non-hydrogen) atoms. The number of carbonyl (C=O) groups excluding carboxylic acids is 1. The highest BCUT2D eigenvalue weighted by Gasteiger charge is 2.28. The Bertz CT molecular complexity index is 868. The highest BCUT2D eigenvalue weighted by Crippen LogP contribution is 2.36. The zero-order valence-electron chi connectivity index (χ0n) is 19.1. The minimum absolute atomic E-state index is 0.203. The number of benzene rings is 2. The van der Waals surface area contributed by atoms with Crippen molar-refractivity contribution in [2.75, 3.05) is 0 Å². The Morgan fingerprint density at radius 1 is 1.00 bits per heavy atom. The third-order valence-corrected chi connectivity index (χ3v) is 5.72. The first-order valence-electron chi connectivity index (χ1n) is 11.1. The predicted molar refractivity (Wildman–Crippen MR) is 116 cm³/mol. The average Bonchev–Trinajstić information content (AvgIpc) is 2.66. The third-order valence-electron chi connectivity index (χ3n) is 5.72. The van der Waals surface area contributed by atoms with E-state index in [2.05, 4.69) is 53.7 Å². The molecule has 0 heterocycles. The van der Waals surface area contributed by atoms with Gasteiger partial charge in [0, 0.05) is 0 Å². The Hall–Kier alpha value is -2.09. The summed E-state index contributed by atoms with van der Waals surface area (Å²) in [6, 6.07) is 12.2. The third kappa shape index (κ3) is 4.16. The zero-order chi connectivity index (χ0) is 21.3. The van der Waals surface area contributed by atoms with E-state index in [4.69, 9.17) is 6.11 Å². The van der Waals surface area contributed by atoms with Crippen LogP contribution in [0, 0.1) is 0 Å². The summed E-state index contributed by atoms with van der Waals surface area (Å²) in [4.78, 5) is 13.5. The van der Waals surface area contributed by atoms with E-state index in [0.717, 1.165) is 35.1 Å². The van der Waals surface area contributed by atoms with Crippen LogP contribution in [0.2, 0.25) is 0 Å². The molecule has 0 N–H and O–H groups in total. The van der Waals surface area contributed by atoms with Crippen LogP contribution < -0.4 is 0 Å². The molecule has 0 fully saturated rings. The van der Waals surface area contributed by atoms with Gasteiger partial charge < -0.3 is 4.74 Å². The average molecular weight is 380 g/mol. The molecule has 0 amide bonds. The number of rotatable bonds is 5. The van der Waals surface area contributed by atoms with Crippen LogP contribution in [0.3, 0.4) is 0 Å². The maximum absolute atomic E-state index is 13.5. The second kappa shape index (κ2) is 8.51. The van der Waals surface area contributed by atoms with E-state index in [-0.39, 0.29) is 17.8 Å². The van der Waals surface area contributed by atoms with Gasteiger partial charge >= 0.3 is 5.97 Å². The van der Waals surface area contributed by atoms with E-state index in [0.29, 0.717) is 17.9 Å². The van der Waals surface area contributed by atoms with Gasteiger partial charge in [0.05, 0.1) is 6.93 Å². The van der Waals surface area contributed by atoms with Crippen molar-refractivity contribution in [3.05, 3.63) is 69.8 Å². The van der Waals surface area contributed by atoms with Gasteiger partial charge in [0.25, 0.3) is 0 Å². The van der Waals surface area contributed by atoms with Crippen LogP contribution in [0.5, 0.6) is 0 Å². The van der Waals surface area contributed by atoms with Gasteiger partial charge in [-0.05, 0) is 64.8 Å². The molecule has 150 valence electrons. The highest BCUT2D eigenvalue weighted by molar-refractivity contribution is 5.93. The van der Waals surface area contributed by atoms with Crippen LogP contribution in [-0.4, -0.2) is 5.97 Å². The SMILES string of the molecule is [2H][C@]1(OC(=O)c2c(C(C)C)cc(C(C)C)cc2C(C)C)CCCc2ccccc21. The normalized spacial score (nSPS) is 19.7. The second-order valence-electron chi connectivity index (χ2n) is 8.86. The molecule has 0 spiro atoms. The minimum Gasteiger partial charge on any atom is -0.454 e. The fourth-order valence-electron chi connectivity index (χ4n) is 4.04. The molecule has 0 aliphatic heterocycles. The van der Waals surface area contributed by atoms with Crippen molar-refractivity contribution in [1.82, 2.24) is 0 Å². The lowest BCUT2D eigenvalue weighted by Crippen LogP contribution is -2.20. The van der Waals surface area contributed by atoms with Crippen molar-refractivity contribution >= 4 is 5.97 Å². The van der Waals surface area contributed by atoms with E-state index in [1.165, 1.54) is 5.56 Å². The maximum Gasteiger partial charge on any atom is 0.339 e. The van der Waals surface area contributed by atoms with Crippen LogP contribution in [0.4, 0.5) is 0 Å². The van der Waals surface area contributed by atoms with Gasteiger partial charge in [0.15, 0.2) is 0 Å². The summed E-state index contributed by atoms with van der Waals surface area (Å²) in [6.45, 7) is 12.8. The molecular formula is C26H34O2. The Morgan fingerprint density at radius 3 is 2.18 bits per heavy atom. The molecule has 0 saturated carbocycles. The summed E-state index contributed by atoms with van der Waals surface area (Å²) in [6.07, 6.45) is 1.01. The second-order valence-corrected chi connectivity index (χ2v) is 8.86. The van der Waals surface area contributed by atoms with Gasteiger partial charge in [-0.15, -0.1) is 0 Å². The van der Waals surface area contributed by atoms with Crippen LogP contribution in [0.25, 0.3) is 0 Å². The number of ether oxygens (including phenoxy) is 1. The number of aryl methyl sites for hydroxylation is 1. The number of carbonyl (C=O) groups is 1. The summed E-state index contributed by atoms with van der Waals surface area (Å²) in [5.74, 6) is 0.436. The number of esters is 1. The molecule has 2 aromatic carbocycles. The molecule has 2 nitrogen and oxygen atoms in total. The molecule has 0 unspecified atom stereocenters.